The summed E-state index contributed by atoms with van der Waals surface area (Å²) < 4.78 is 0. The van der Waals surface area contributed by atoms with Crippen molar-refractivity contribution in [3.8, 4) is 0 Å². The first kappa shape index (κ1) is 25.4. The Kier molecular flexibility index (Phi) is 7.49. The molecule has 0 bridgehead atoms. The van der Waals surface area contributed by atoms with Crippen molar-refractivity contribution in [1.82, 2.24) is 15.1 Å². The predicted octanol–water partition coefficient (Wildman–Crippen LogP) is 1.84. The molecule has 3 rings (SSSR count). The van der Waals surface area contributed by atoms with E-state index < -0.39 is 41.7 Å². The molecule has 1 aliphatic heterocycles. The molecule has 35 heavy (non-hydrogen) atoms. The van der Waals surface area contributed by atoms with Gasteiger partial charge in [0.05, 0.1) is 5.70 Å². The Balaban J connectivity index is 1.91. The fraction of sp³-hybridized carbons (Fsp3) is 0.269. The number of carbonyl (C=O) groups excluding carboxylic acids is 4. The minimum absolute atomic E-state index is 0.0172. The summed E-state index contributed by atoms with van der Waals surface area (Å²) in [4.78, 5) is 65.0. The monoisotopic (exact) mass is 477 g/mol. The number of benzene rings is 2. The maximum absolute atomic E-state index is 13.5. The maximum Gasteiger partial charge on any atom is 0.374 e. The summed E-state index contributed by atoms with van der Waals surface area (Å²) in [5.74, 6) is -4.36. The second-order valence-corrected chi connectivity index (χ2v) is 8.70. The van der Waals surface area contributed by atoms with Gasteiger partial charge in [0.1, 0.15) is 18.1 Å². The number of aliphatic carboxylic acids is 1. The molecule has 182 valence electrons. The second kappa shape index (κ2) is 10.3. The van der Waals surface area contributed by atoms with Crippen molar-refractivity contribution in [3.63, 3.8) is 0 Å². The van der Waals surface area contributed by atoms with Crippen molar-refractivity contribution in [3.05, 3.63) is 78.0 Å². The molecule has 2 N–H and O–H groups in total. The average molecular weight is 478 g/mol. The van der Waals surface area contributed by atoms with Crippen LogP contribution in [0.1, 0.15) is 31.9 Å². The van der Waals surface area contributed by atoms with Crippen LogP contribution < -0.4 is 5.32 Å². The molecule has 9 heteroatoms. The number of Topliss-reactive ketones (excluding diaryl/α,β-unsaturated/α-hetero) is 1. The van der Waals surface area contributed by atoms with Gasteiger partial charge in [-0.05, 0) is 25.0 Å². The van der Waals surface area contributed by atoms with Gasteiger partial charge in [0, 0.05) is 19.5 Å². The van der Waals surface area contributed by atoms with Gasteiger partial charge in [-0.25, -0.2) is 4.79 Å². The van der Waals surface area contributed by atoms with Crippen molar-refractivity contribution in [2.45, 2.75) is 38.8 Å². The quantitative estimate of drug-likeness (QED) is 0.559. The summed E-state index contributed by atoms with van der Waals surface area (Å²) in [6.45, 7) is 4.03. The van der Waals surface area contributed by atoms with Crippen molar-refractivity contribution in [1.29, 1.82) is 0 Å². The van der Waals surface area contributed by atoms with Gasteiger partial charge in [0.25, 0.3) is 11.7 Å². The van der Waals surface area contributed by atoms with Gasteiger partial charge < -0.3 is 15.3 Å². The van der Waals surface area contributed by atoms with Crippen LogP contribution >= 0.6 is 0 Å². The number of carboxylic acid groups (broad SMARTS) is 1. The van der Waals surface area contributed by atoms with Crippen LogP contribution in [0.25, 0.3) is 5.70 Å². The van der Waals surface area contributed by atoms with E-state index in [0.29, 0.717) is 16.8 Å². The van der Waals surface area contributed by atoms with Crippen LogP contribution in [0.15, 0.2) is 66.9 Å². The molecule has 0 unspecified atom stereocenters. The van der Waals surface area contributed by atoms with E-state index in [1.807, 2.05) is 0 Å². The molecule has 0 fully saturated rings. The maximum atomic E-state index is 13.5. The minimum atomic E-state index is -1.66. The topological polar surface area (TPSA) is 124 Å². The highest BCUT2D eigenvalue weighted by atomic mass is 16.4. The van der Waals surface area contributed by atoms with Gasteiger partial charge in [0.15, 0.2) is 0 Å². The van der Waals surface area contributed by atoms with Crippen molar-refractivity contribution in [2.24, 2.45) is 0 Å². The molecule has 3 amide bonds. The molecule has 1 atom stereocenters. The summed E-state index contributed by atoms with van der Waals surface area (Å²) in [7, 11) is 0. The minimum Gasteiger partial charge on any atom is -0.475 e. The van der Waals surface area contributed by atoms with Gasteiger partial charge in [-0.3, -0.25) is 24.1 Å². The molecule has 0 radical (unpaired) electrons. The van der Waals surface area contributed by atoms with E-state index in [1.165, 1.54) is 22.9 Å². The largest absolute Gasteiger partial charge is 0.475 e. The molecular weight excluding hydrogens is 450 g/mol. The number of hydrogen-bond donors (Lipinski definition) is 2. The van der Waals surface area contributed by atoms with Gasteiger partial charge in [-0.15, -0.1) is 0 Å². The Labute approximate surface area is 203 Å². The fourth-order valence-electron chi connectivity index (χ4n) is 3.97. The lowest BCUT2D eigenvalue weighted by atomic mass is 9.95. The average Bonchev–Trinajstić information content (AvgIpc) is 2.82. The molecule has 2 aromatic rings. The highest BCUT2D eigenvalue weighted by molar-refractivity contribution is 6.35. The van der Waals surface area contributed by atoms with Gasteiger partial charge in [0.2, 0.25) is 11.8 Å². The predicted molar refractivity (Wildman–Crippen MR) is 127 cm³/mol. The van der Waals surface area contributed by atoms with Crippen LogP contribution in [-0.2, 0) is 30.4 Å². The van der Waals surface area contributed by atoms with Crippen LogP contribution in [0.5, 0.6) is 0 Å². The Bertz CT molecular complexity index is 1170. The molecule has 0 spiro atoms. The molecule has 0 aliphatic carbocycles. The molecule has 1 heterocycles. The summed E-state index contributed by atoms with van der Waals surface area (Å²) in [6.07, 6.45) is 1.51. The van der Waals surface area contributed by atoms with E-state index in [-0.39, 0.29) is 12.3 Å². The van der Waals surface area contributed by atoms with Crippen molar-refractivity contribution < 1.29 is 29.1 Å². The number of rotatable bonds is 8. The van der Waals surface area contributed by atoms with Gasteiger partial charge >= 0.3 is 5.97 Å². The lowest BCUT2D eigenvalue weighted by Crippen LogP contribution is -2.60. The zero-order chi connectivity index (χ0) is 25.8. The normalized spacial score (nSPS) is 15.7. The highest BCUT2D eigenvalue weighted by Gasteiger charge is 2.44. The van der Waals surface area contributed by atoms with E-state index in [2.05, 4.69) is 5.32 Å². The van der Waals surface area contributed by atoms with E-state index >= 15 is 0 Å². The lowest BCUT2D eigenvalue weighted by Gasteiger charge is -2.44. The smallest absolute Gasteiger partial charge is 0.374 e. The van der Waals surface area contributed by atoms with Crippen LogP contribution in [0.3, 0.4) is 0 Å². The number of hydrogen-bond acceptors (Lipinski definition) is 5. The van der Waals surface area contributed by atoms with Crippen molar-refractivity contribution in [2.75, 3.05) is 6.54 Å². The fourth-order valence-corrected chi connectivity index (χ4v) is 3.97. The zero-order valence-corrected chi connectivity index (χ0v) is 19.7. The molecule has 1 aliphatic rings. The Morgan fingerprint density at radius 3 is 2.09 bits per heavy atom. The highest BCUT2D eigenvalue weighted by Crippen LogP contribution is 2.32. The standard InChI is InChI=1S/C26H27N3O6/c1-17(30)29-15-21(19-12-8-5-9-13-19)28(25(35)26(29,2)3)16-22(31)27-20(23(32)24(33)34)14-18-10-6-4-7-11-18/h4-13,15,20H,14,16H2,1-3H3,(H,27,31)(H,33,34)/t20-/m0/s1. The lowest BCUT2D eigenvalue weighted by molar-refractivity contribution is -0.151. The number of ketones is 1. The second-order valence-electron chi connectivity index (χ2n) is 8.70. The SMILES string of the molecule is CC(=O)N1C=C(c2ccccc2)N(CC(=O)N[C@@H](Cc2ccccc2)C(=O)C(=O)O)C(=O)C1(C)C. The summed E-state index contributed by atoms with van der Waals surface area (Å²) >= 11 is 0. The third-order valence-corrected chi connectivity index (χ3v) is 5.77. The number of nitrogens with one attached hydrogen (secondary N) is 1. The van der Waals surface area contributed by atoms with E-state index in [1.54, 1.807) is 74.5 Å². The Morgan fingerprint density at radius 2 is 1.54 bits per heavy atom. The number of carbonyl (C=O) groups is 5. The number of nitrogens with zero attached hydrogens (tertiary/aromatic N) is 2. The Hall–Kier alpha value is -4.27. The molecule has 0 saturated carbocycles. The summed E-state index contributed by atoms with van der Waals surface area (Å²) in [5.41, 5.74) is 0.358. The first-order valence-corrected chi connectivity index (χ1v) is 11.0. The van der Waals surface area contributed by atoms with Crippen molar-refractivity contribution >= 4 is 35.2 Å². The van der Waals surface area contributed by atoms with Gasteiger partial charge in [-0.2, -0.15) is 0 Å². The molecular formula is C26H27N3O6. The molecule has 2 aromatic carbocycles. The van der Waals surface area contributed by atoms with Crippen LogP contribution in [0.2, 0.25) is 0 Å². The van der Waals surface area contributed by atoms with Gasteiger partial charge in [-0.1, -0.05) is 60.7 Å². The van der Waals surface area contributed by atoms with Crippen LogP contribution in [0, 0.1) is 0 Å². The third kappa shape index (κ3) is 5.63. The summed E-state index contributed by atoms with van der Waals surface area (Å²) in [6, 6.07) is 16.2. The zero-order valence-electron chi connectivity index (χ0n) is 19.7. The molecule has 9 nitrogen and oxygen atoms in total. The first-order chi connectivity index (χ1) is 16.5. The first-order valence-electron chi connectivity index (χ1n) is 11.0. The van der Waals surface area contributed by atoms with E-state index in [9.17, 15) is 29.1 Å². The number of carboxylic acids is 1. The van der Waals surface area contributed by atoms with Crippen LogP contribution in [-0.4, -0.2) is 62.5 Å². The number of amides is 3. The van der Waals surface area contributed by atoms with E-state index in [0.717, 1.165) is 0 Å². The third-order valence-electron chi connectivity index (χ3n) is 5.77. The molecule has 0 aromatic heterocycles. The Morgan fingerprint density at radius 1 is 0.971 bits per heavy atom. The molecule has 0 saturated heterocycles. The van der Waals surface area contributed by atoms with E-state index in [4.69, 9.17) is 0 Å². The summed E-state index contributed by atoms with van der Waals surface area (Å²) in [5, 5.41) is 11.7. The van der Waals surface area contributed by atoms with Crippen LogP contribution in [0.4, 0.5) is 0 Å².